The number of benzene rings is 1. The summed E-state index contributed by atoms with van der Waals surface area (Å²) in [6.07, 6.45) is 9.33. The van der Waals surface area contributed by atoms with Gasteiger partial charge in [0.25, 0.3) is 0 Å². The molecule has 3 aromatic rings. The van der Waals surface area contributed by atoms with Crippen molar-refractivity contribution < 1.29 is 28.2 Å². The van der Waals surface area contributed by atoms with Crippen molar-refractivity contribution in [3.8, 4) is 23.0 Å². The minimum atomic E-state index is -0.924. The fourth-order valence-corrected chi connectivity index (χ4v) is 9.27. The van der Waals surface area contributed by atoms with Gasteiger partial charge in [0.1, 0.15) is 41.1 Å². The number of ether oxygens (including phenoxy) is 2. The quantitative estimate of drug-likeness (QED) is 0.329. The van der Waals surface area contributed by atoms with Crippen molar-refractivity contribution in [3.05, 3.63) is 46.9 Å². The highest BCUT2D eigenvalue weighted by Gasteiger charge is 2.51. The van der Waals surface area contributed by atoms with Gasteiger partial charge in [-0.2, -0.15) is 9.97 Å². The number of rotatable bonds is 8. The van der Waals surface area contributed by atoms with E-state index in [1.54, 1.807) is 12.3 Å². The zero-order valence-electron chi connectivity index (χ0n) is 28.7. The zero-order chi connectivity index (χ0) is 35.1. The van der Waals surface area contributed by atoms with Crippen LogP contribution in [0.4, 0.5) is 14.6 Å². The number of fused-ring (bicyclic) bond motifs is 2. The van der Waals surface area contributed by atoms with E-state index in [0.29, 0.717) is 67.6 Å². The van der Waals surface area contributed by atoms with E-state index < -0.39 is 23.1 Å². The normalized spacial score (nSPS) is 27.7. The number of phenolic OH excluding ortho intramolecular Hbond substituents is 1. The lowest BCUT2D eigenvalue weighted by molar-refractivity contribution is -0.164. The fraction of sp³-hybridized carbons (Fsp3) is 0.568. The number of phenols is 1. The molecule has 51 heavy (non-hydrogen) atoms. The van der Waals surface area contributed by atoms with Crippen LogP contribution in [0.5, 0.6) is 11.8 Å². The number of likely N-dealkylation sites (N-methyl/N-ethyl adjacent to an activating group) is 1. The minimum absolute atomic E-state index is 0.00147. The molecule has 6 aliphatic rings. The summed E-state index contributed by atoms with van der Waals surface area (Å²) in [6.45, 7) is 4.43. The second-order valence-corrected chi connectivity index (χ2v) is 15.8. The topological polar surface area (TPSA) is 107 Å². The second kappa shape index (κ2) is 12.5. The number of piperazine rings is 1. The Bertz CT molecular complexity index is 1930. The predicted octanol–water partition coefficient (Wildman–Crippen LogP) is 4.70. The lowest BCUT2D eigenvalue weighted by Crippen LogP contribution is -2.72. The molecule has 1 N–H and O–H groups in total. The summed E-state index contributed by atoms with van der Waals surface area (Å²) in [6, 6.07) is 3.26. The molecule has 270 valence electrons. The maximum atomic E-state index is 16.9. The predicted molar refractivity (Wildman–Crippen MR) is 188 cm³/mol. The molecule has 5 aliphatic heterocycles. The van der Waals surface area contributed by atoms with Crippen molar-refractivity contribution in [2.45, 2.75) is 67.7 Å². The van der Waals surface area contributed by atoms with E-state index in [4.69, 9.17) is 26.1 Å². The van der Waals surface area contributed by atoms with Crippen LogP contribution >= 0.6 is 11.6 Å². The molecule has 0 radical (unpaired) electrons. The van der Waals surface area contributed by atoms with Crippen LogP contribution in [-0.2, 0) is 9.53 Å². The summed E-state index contributed by atoms with van der Waals surface area (Å²) in [5.74, 6) is -0.187. The molecule has 1 spiro atoms. The molecular weight excluding hydrogens is 680 g/mol. The molecule has 3 atom stereocenters. The number of alkyl halides is 1. The van der Waals surface area contributed by atoms with Crippen LogP contribution < -0.4 is 9.64 Å². The van der Waals surface area contributed by atoms with Gasteiger partial charge in [-0.25, -0.2) is 8.78 Å². The van der Waals surface area contributed by atoms with Crippen molar-refractivity contribution in [1.82, 2.24) is 29.7 Å². The van der Waals surface area contributed by atoms with Gasteiger partial charge in [0.05, 0.1) is 24.1 Å². The van der Waals surface area contributed by atoms with E-state index in [1.165, 1.54) is 12.1 Å². The van der Waals surface area contributed by atoms with E-state index in [2.05, 4.69) is 19.8 Å². The average molecular weight is 722 g/mol. The van der Waals surface area contributed by atoms with Crippen LogP contribution in [0.1, 0.15) is 50.0 Å². The monoisotopic (exact) mass is 721 g/mol. The number of amides is 1. The van der Waals surface area contributed by atoms with Crippen LogP contribution in [0.3, 0.4) is 0 Å². The largest absolute Gasteiger partial charge is 0.508 e. The summed E-state index contributed by atoms with van der Waals surface area (Å²) in [5, 5.41) is 11.2. The maximum Gasteiger partial charge on any atom is 0.319 e. The number of carbonyl (C=O) groups excluding carboxylic acids is 1. The summed E-state index contributed by atoms with van der Waals surface area (Å²) in [4.78, 5) is 35.9. The highest BCUT2D eigenvalue weighted by Crippen LogP contribution is 2.49. The molecule has 5 saturated heterocycles. The standard InChI is InChI=1S/C37H42ClF2N7O4/c1-44-10-7-24(44)5-6-29(49)47-12-11-45(18-37(47)19-50-20-37)34-27-16-41-32(26-13-25(48)14-28(38)30(26)22-3-4-22)31(40)33(27)42-35(43-34)51-21-36-8-2-9-46(36)17-23(39)15-36/h5-6,13-14,16,22-24,48H,2-4,7-12,15,17-21H2,1H3/b6-5+/t23-,24+,36+/m1/s1. The second-order valence-electron chi connectivity index (χ2n) is 15.4. The third-order valence-electron chi connectivity index (χ3n) is 12.0. The maximum absolute atomic E-state index is 16.9. The van der Waals surface area contributed by atoms with Crippen LogP contribution in [0.2, 0.25) is 5.02 Å². The molecule has 6 fully saturated rings. The van der Waals surface area contributed by atoms with E-state index in [-0.39, 0.29) is 47.4 Å². The van der Waals surface area contributed by atoms with E-state index in [1.807, 2.05) is 22.9 Å². The lowest BCUT2D eigenvalue weighted by Gasteiger charge is -2.55. The Morgan fingerprint density at radius 2 is 2.02 bits per heavy atom. The van der Waals surface area contributed by atoms with E-state index in [9.17, 15) is 14.3 Å². The van der Waals surface area contributed by atoms with Gasteiger partial charge in [0, 0.05) is 68.0 Å². The minimum Gasteiger partial charge on any atom is -0.508 e. The Kier molecular flexibility index (Phi) is 8.13. The first-order valence-corrected chi connectivity index (χ1v) is 18.4. The van der Waals surface area contributed by atoms with Crippen molar-refractivity contribution in [3.63, 3.8) is 0 Å². The van der Waals surface area contributed by atoms with Crippen LogP contribution in [0.25, 0.3) is 22.2 Å². The number of nitrogens with zero attached hydrogens (tertiary/aromatic N) is 7. The number of hydrogen-bond acceptors (Lipinski definition) is 10. The van der Waals surface area contributed by atoms with Crippen LogP contribution in [0.15, 0.2) is 30.5 Å². The summed E-state index contributed by atoms with van der Waals surface area (Å²) in [7, 11) is 2.05. The van der Waals surface area contributed by atoms with Crippen LogP contribution in [0, 0.1) is 5.82 Å². The van der Waals surface area contributed by atoms with E-state index >= 15 is 4.39 Å². The molecule has 14 heteroatoms. The van der Waals surface area contributed by atoms with Crippen molar-refractivity contribution in [2.24, 2.45) is 0 Å². The number of pyridine rings is 1. The molecule has 1 saturated carbocycles. The van der Waals surface area contributed by atoms with Crippen molar-refractivity contribution in [2.75, 3.05) is 71.0 Å². The molecule has 2 aromatic heterocycles. The number of hydrogen-bond donors (Lipinski definition) is 1. The highest BCUT2D eigenvalue weighted by molar-refractivity contribution is 6.32. The first kappa shape index (κ1) is 33.2. The number of carbonyl (C=O) groups is 1. The number of anilines is 1. The first-order valence-electron chi connectivity index (χ1n) is 18.1. The fourth-order valence-electron chi connectivity index (χ4n) is 8.90. The van der Waals surface area contributed by atoms with Gasteiger partial charge >= 0.3 is 6.01 Å². The molecule has 1 aromatic carbocycles. The molecule has 9 rings (SSSR count). The summed E-state index contributed by atoms with van der Waals surface area (Å²) >= 11 is 6.59. The molecule has 0 bridgehead atoms. The molecule has 0 unspecified atom stereocenters. The third-order valence-corrected chi connectivity index (χ3v) is 12.3. The van der Waals surface area contributed by atoms with Gasteiger partial charge in [-0.1, -0.05) is 17.7 Å². The van der Waals surface area contributed by atoms with Crippen molar-refractivity contribution >= 4 is 34.2 Å². The average Bonchev–Trinajstić information content (AvgIpc) is 3.78. The van der Waals surface area contributed by atoms with E-state index in [0.717, 1.165) is 50.8 Å². The van der Waals surface area contributed by atoms with Crippen LogP contribution in [-0.4, -0.2) is 130 Å². The van der Waals surface area contributed by atoms with Gasteiger partial charge in [-0.3, -0.25) is 19.6 Å². The van der Waals surface area contributed by atoms with Gasteiger partial charge < -0.3 is 24.4 Å². The number of likely N-dealkylation sites (tertiary alicyclic amines) is 1. The van der Waals surface area contributed by atoms with Gasteiger partial charge in [-0.05, 0) is 69.3 Å². The van der Waals surface area contributed by atoms with Gasteiger partial charge in [0.15, 0.2) is 5.82 Å². The zero-order valence-corrected chi connectivity index (χ0v) is 29.4. The Balaban J connectivity index is 1.09. The molecule has 7 heterocycles. The van der Waals surface area contributed by atoms with Crippen molar-refractivity contribution in [1.29, 1.82) is 0 Å². The Morgan fingerprint density at radius 3 is 2.75 bits per heavy atom. The SMILES string of the molecule is CN1CC[C@@H]1/C=C/C(=O)N1CCN(c2nc(OC[C@@]34CCCN3C[C@H](F)C4)nc3c(F)c(-c4cc(O)cc(Cl)c4C4CC4)ncc23)CC12COC2. The number of halogens is 3. The smallest absolute Gasteiger partial charge is 0.319 e. The number of aromatic hydroxyl groups is 1. The summed E-state index contributed by atoms with van der Waals surface area (Å²) in [5.41, 5.74) is 0.247. The van der Waals surface area contributed by atoms with Gasteiger partial charge in [0.2, 0.25) is 5.91 Å². The molecule has 1 aliphatic carbocycles. The molecular formula is C37H42ClF2N7O4. The number of aromatic nitrogens is 3. The van der Waals surface area contributed by atoms with Gasteiger partial charge in [-0.15, -0.1) is 0 Å². The lowest BCUT2D eigenvalue weighted by atomic mass is 9.91. The molecule has 1 amide bonds. The third kappa shape index (κ3) is 5.71. The Morgan fingerprint density at radius 1 is 1.18 bits per heavy atom. The highest BCUT2D eigenvalue weighted by atomic mass is 35.5. The Labute approximate surface area is 300 Å². The Hall–Kier alpha value is -3.65. The summed E-state index contributed by atoms with van der Waals surface area (Å²) < 4.78 is 43.5. The first-order chi connectivity index (χ1) is 24.6. The molecule has 11 nitrogen and oxygen atoms in total.